The van der Waals surface area contributed by atoms with Crippen LogP contribution in [0.25, 0.3) is 0 Å². The molecule has 0 aliphatic carbocycles. The smallest absolute Gasteiger partial charge is 0.384 e. The second-order valence-corrected chi connectivity index (χ2v) is 5.31. The van der Waals surface area contributed by atoms with Gasteiger partial charge >= 0.3 is 5.51 Å². The Kier molecular flexibility index (Phi) is 4.95. The lowest BCUT2D eigenvalue weighted by Gasteiger charge is -2.13. The van der Waals surface area contributed by atoms with Crippen molar-refractivity contribution in [3.8, 4) is 0 Å². The fourth-order valence-corrected chi connectivity index (χ4v) is 2.46. The second-order valence-electron chi connectivity index (χ2n) is 4.21. The molecule has 0 aliphatic heterocycles. The quantitative estimate of drug-likeness (QED) is 0.783. The molecule has 1 N–H and O–H groups in total. The van der Waals surface area contributed by atoms with Crippen LogP contribution in [-0.4, -0.2) is 12.1 Å². The van der Waals surface area contributed by atoms with Gasteiger partial charge in [0, 0.05) is 17.1 Å². The van der Waals surface area contributed by atoms with E-state index >= 15 is 0 Å². The van der Waals surface area contributed by atoms with Crippen LogP contribution in [0.3, 0.4) is 0 Å². The lowest BCUT2D eigenvalue weighted by molar-refractivity contribution is -0.0327. The van der Waals surface area contributed by atoms with E-state index in [0.29, 0.717) is 12.2 Å². The molecule has 2 rings (SSSR count). The van der Waals surface area contributed by atoms with E-state index in [-0.39, 0.29) is 16.7 Å². The van der Waals surface area contributed by atoms with Crippen LogP contribution in [-0.2, 0) is 6.42 Å². The first-order valence-corrected chi connectivity index (χ1v) is 6.99. The molecule has 0 aromatic heterocycles. The zero-order valence-electron chi connectivity index (χ0n) is 10.7. The molecular weight excluding hydrogens is 283 g/mol. The number of alkyl halides is 3. The molecule has 0 aliphatic rings. The van der Waals surface area contributed by atoms with E-state index in [4.69, 9.17) is 0 Å². The maximum atomic E-state index is 12.4. The summed E-state index contributed by atoms with van der Waals surface area (Å²) in [5.74, 6) is 0. The number of rotatable bonds is 5. The van der Waals surface area contributed by atoms with E-state index in [0.717, 1.165) is 12.0 Å². The van der Waals surface area contributed by atoms with E-state index in [1.54, 1.807) is 18.2 Å². The topological polar surface area (TPSA) is 12.0 Å². The Morgan fingerprint density at radius 1 is 0.900 bits per heavy atom. The molecule has 5 heteroatoms. The minimum absolute atomic E-state index is 0.0889. The SMILES string of the molecule is FC(F)(F)Sc1ccccc1NCCc1ccccc1. The highest BCUT2D eigenvalue weighted by Gasteiger charge is 2.30. The van der Waals surface area contributed by atoms with Gasteiger partial charge in [0.05, 0.1) is 0 Å². The van der Waals surface area contributed by atoms with Gasteiger partial charge in [0.1, 0.15) is 0 Å². The summed E-state index contributed by atoms with van der Waals surface area (Å²) in [7, 11) is 0. The van der Waals surface area contributed by atoms with Crippen LogP contribution in [0.5, 0.6) is 0 Å². The number of anilines is 1. The van der Waals surface area contributed by atoms with E-state index in [1.807, 2.05) is 30.3 Å². The average molecular weight is 297 g/mol. The third-order valence-electron chi connectivity index (χ3n) is 2.68. The van der Waals surface area contributed by atoms with Gasteiger partial charge in [-0.2, -0.15) is 13.2 Å². The lowest BCUT2D eigenvalue weighted by Crippen LogP contribution is -2.07. The minimum Gasteiger partial charge on any atom is -0.384 e. The molecule has 0 radical (unpaired) electrons. The standard InChI is InChI=1S/C15H14F3NS/c16-15(17,18)20-14-9-5-4-8-13(14)19-11-10-12-6-2-1-3-7-12/h1-9,19H,10-11H2. The number of para-hydroxylation sites is 1. The van der Waals surface area contributed by atoms with Gasteiger partial charge in [-0.05, 0) is 35.9 Å². The minimum atomic E-state index is -4.27. The summed E-state index contributed by atoms with van der Waals surface area (Å²) in [6.07, 6.45) is 0.770. The largest absolute Gasteiger partial charge is 0.446 e. The molecule has 0 fully saturated rings. The summed E-state index contributed by atoms with van der Waals surface area (Å²) in [4.78, 5) is 0.202. The van der Waals surface area contributed by atoms with Crippen LogP contribution < -0.4 is 5.32 Å². The molecule has 0 amide bonds. The van der Waals surface area contributed by atoms with Gasteiger partial charge in [-0.1, -0.05) is 42.5 Å². The van der Waals surface area contributed by atoms with Crippen molar-refractivity contribution in [1.29, 1.82) is 0 Å². The van der Waals surface area contributed by atoms with Crippen LogP contribution >= 0.6 is 11.8 Å². The molecule has 0 bridgehead atoms. The lowest BCUT2D eigenvalue weighted by atomic mass is 10.1. The zero-order valence-corrected chi connectivity index (χ0v) is 11.5. The van der Waals surface area contributed by atoms with Gasteiger partial charge in [-0.25, -0.2) is 0 Å². The highest BCUT2D eigenvalue weighted by atomic mass is 32.2. The molecule has 2 aromatic rings. The zero-order chi connectivity index (χ0) is 14.4. The summed E-state index contributed by atoms with van der Waals surface area (Å²) in [6, 6.07) is 16.3. The third-order valence-corrected chi connectivity index (χ3v) is 3.49. The summed E-state index contributed by atoms with van der Waals surface area (Å²) in [6.45, 7) is 0.597. The molecule has 0 saturated heterocycles. The Hall–Kier alpha value is -1.62. The maximum absolute atomic E-state index is 12.4. The molecule has 106 valence electrons. The molecule has 1 nitrogen and oxygen atoms in total. The van der Waals surface area contributed by atoms with Gasteiger partial charge in [-0.3, -0.25) is 0 Å². The Balaban J connectivity index is 1.96. The number of hydrogen-bond acceptors (Lipinski definition) is 2. The van der Waals surface area contributed by atoms with Crippen molar-refractivity contribution in [2.45, 2.75) is 16.8 Å². The third kappa shape index (κ3) is 4.81. The van der Waals surface area contributed by atoms with Crippen molar-refractivity contribution < 1.29 is 13.2 Å². The number of benzene rings is 2. The second kappa shape index (κ2) is 6.70. The fraction of sp³-hybridized carbons (Fsp3) is 0.200. The molecular formula is C15H14F3NS. The molecule has 2 aromatic carbocycles. The van der Waals surface area contributed by atoms with Gasteiger partial charge in [-0.15, -0.1) is 0 Å². The van der Waals surface area contributed by atoms with E-state index in [9.17, 15) is 13.2 Å². The van der Waals surface area contributed by atoms with Crippen molar-refractivity contribution in [1.82, 2.24) is 0 Å². The number of thioether (sulfide) groups is 1. The van der Waals surface area contributed by atoms with Crippen molar-refractivity contribution in [3.63, 3.8) is 0 Å². The summed E-state index contributed by atoms with van der Waals surface area (Å²) in [5, 5.41) is 3.06. The Labute approximate surface area is 120 Å². The first kappa shape index (κ1) is 14.8. The molecule has 0 atom stereocenters. The van der Waals surface area contributed by atoms with Crippen molar-refractivity contribution >= 4 is 17.4 Å². The monoisotopic (exact) mass is 297 g/mol. The van der Waals surface area contributed by atoms with Gasteiger partial charge < -0.3 is 5.32 Å². The van der Waals surface area contributed by atoms with Crippen LogP contribution in [0.15, 0.2) is 59.5 Å². The molecule has 0 saturated carbocycles. The molecule has 20 heavy (non-hydrogen) atoms. The number of nitrogens with one attached hydrogen (secondary N) is 1. The van der Waals surface area contributed by atoms with Crippen molar-refractivity contribution in [3.05, 3.63) is 60.2 Å². The Bertz CT molecular complexity index is 540. The van der Waals surface area contributed by atoms with Crippen molar-refractivity contribution in [2.75, 3.05) is 11.9 Å². The fourth-order valence-electron chi connectivity index (χ4n) is 1.81. The van der Waals surface area contributed by atoms with Crippen LogP contribution in [0.4, 0.5) is 18.9 Å². The van der Waals surface area contributed by atoms with E-state index in [1.165, 1.54) is 6.07 Å². The predicted molar refractivity (Wildman–Crippen MR) is 77.0 cm³/mol. The first-order chi connectivity index (χ1) is 9.54. The Morgan fingerprint density at radius 3 is 2.25 bits per heavy atom. The summed E-state index contributed by atoms with van der Waals surface area (Å²) >= 11 is -0.0889. The summed E-state index contributed by atoms with van der Waals surface area (Å²) < 4.78 is 37.3. The van der Waals surface area contributed by atoms with Gasteiger partial charge in [0.2, 0.25) is 0 Å². The molecule has 0 unspecified atom stereocenters. The molecule has 0 spiro atoms. The maximum Gasteiger partial charge on any atom is 0.446 e. The number of halogens is 3. The highest BCUT2D eigenvalue weighted by Crippen LogP contribution is 2.40. The van der Waals surface area contributed by atoms with Gasteiger partial charge in [0.15, 0.2) is 0 Å². The van der Waals surface area contributed by atoms with Gasteiger partial charge in [0.25, 0.3) is 0 Å². The highest BCUT2D eigenvalue weighted by molar-refractivity contribution is 8.00. The molecule has 0 heterocycles. The van der Waals surface area contributed by atoms with Crippen LogP contribution in [0.2, 0.25) is 0 Å². The normalized spacial score (nSPS) is 11.3. The van der Waals surface area contributed by atoms with Crippen LogP contribution in [0.1, 0.15) is 5.56 Å². The first-order valence-electron chi connectivity index (χ1n) is 6.17. The summed E-state index contributed by atoms with van der Waals surface area (Å²) in [5.41, 5.74) is -2.59. The number of hydrogen-bond donors (Lipinski definition) is 1. The predicted octanol–water partition coefficient (Wildman–Crippen LogP) is 4.95. The van der Waals surface area contributed by atoms with E-state index < -0.39 is 5.51 Å². The van der Waals surface area contributed by atoms with Crippen LogP contribution in [0, 0.1) is 0 Å². The van der Waals surface area contributed by atoms with E-state index in [2.05, 4.69) is 5.32 Å². The Morgan fingerprint density at radius 2 is 1.55 bits per heavy atom. The average Bonchev–Trinajstić information content (AvgIpc) is 2.40. The van der Waals surface area contributed by atoms with Crippen molar-refractivity contribution in [2.24, 2.45) is 0 Å².